The zero-order valence-electron chi connectivity index (χ0n) is 10.6. The highest BCUT2D eigenvalue weighted by Gasteiger charge is 2.28. The Balaban J connectivity index is 3.13. The van der Waals surface area contributed by atoms with Crippen LogP contribution < -0.4 is 5.32 Å². The van der Waals surface area contributed by atoms with Crippen LogP contribution in [0.3, 0.4) is 0 Å². The average molecular weight is 289 g/mol. The third-order valence-electron chi connectivity index (χ3n) is 2.37. The van der Waals surface area contributed by atoms with Crippen LogP contribution in [0.25, 0.3) is 0 Å². The molecule has 1 unspecified atom stereocenters. The van der Waals surface area contributed by atoms with Crippen LogP contribution in [0.5, 0.6) is 0 Å². The number of carbonyl (C=O) groups is 1. The molecule has 0 fully saturated rings. The van der Waals surface area contributed by atoms with E-state index in [2.05, 4.69) is 20.0 Å². The normalized spacial score (nSPS) is 12.1. The molecule has 1 heterocycles. The summed E-state index contributed by atoms with van der Waals surface area (Å²) in [6.45, 7) is 3.53. The highest BCUT2D eigenvalue weighted by Crippen LogP contribution is 2.29. The van der Waals surface area contributed by atoms with Crippen molar-refractivity contribution in [2.75, 3.05) is 12.4 Å². The van der Waals surface area contributed by atoms with E-state index in [1.54, 1.807) is 13.8 Å². The summed E-state index contributed by atoms with van der Waals surface area (Å²) >= 11 is 5.65. The first-order chi connectivity index (χ1) is 8.88. The zero-order valence-corrected chi connectivity index (χ0v) is 11.3. The maximum absolute atomic E-state index is 11.6. The van der Waals surface area contributed by atoms with Gasteiger partial charge in [0.15, 0.2) is 0 Å². The molecular formula is C10H13ClN4O4. The number of hydrogen-bond acceptors (Lipinski definition) is 7. The Labute approximate surface area is 114 Å². The molecule has 0 aromatic carbocycles. The summed E-state index contributed by atoms with van der Waals surface area (Å²) in [6.07, 6.45) is 1.08. The zero-order chi connectivity index (χ0) is 14.6. The number of carbonyl (C=O) groups excluding carboxylic acids is 1. The van der Waals surface area contributed by atoms with Crippen molar-refractivity contribution in [3.63, 3.8) is 0 Å². The number of anilines is 1. The topological polar surface area (TPSA) is 107 Å². The fourth-order valence-electron chi connectivity index (χ4n) is 1.40. The van der Waals surface area contributed by atoms with Crippen LogP contribution >= 0.6 is 11.6 Å². The Morgan fingerprint density at radius 2 is 2.16 bits per heavy atom. The Bertz CT molecular complexity index is 494. The van der Waals surface area contributed by atoms with Crippen molar-refractivity contribution >= 4 is 29.1 Å². The standard InChI is InChI=1S/C10H13ClN4O4/c1-5(2)6(10(16)19-3)14-9-7(15(17)18)8(11)12-4-13-9/h4-6H,1-3H3,(H,12,13,14). The van der Waals surface area contributed by atoms with Crippen LogP contribution in [0.15, 0.2) is 6.33 Å². The summed E-state index contributed by atoms with van der Waals surface area (Å²) in [7, 11) is 1.24. The van der Waals surface area contributed by atoms with Gasteiger partial charge < -0.3 is 10.1 Å². The molecule has 104 valence electrons. The van der Waals surface area contributed by atoms with Gasteiger partial charge in [0, 0.05) is 0 Å². The molecule has 0 aliphatic carbocycles. The summed E-state index contributed by atoms with van der Waals surface area (Å²) in [6, 6.07) is -0.769. The Morgan fingerprint density at radius 3 is 2.63 bits per heavy atom. The summed E-state index contributed by atoms with van der Waals surface area (Å²) in [5.41, 5.74) is -0.473. The Hall–Kier alpha value is -1.96. The van der Waals surface area contributed by atoms with Gasteiger partial charge in [0.05, 0.1) is 12.0 Å². The fraction of sp³-hybridized carbons (Fsp3) is 0.500. The number of methoxy groups -OCH3 is 1. The first-order valence-corrected chi connectivity index (χ1v) is 5.75. The third kappa shape index (κ3) is 3.50. The predicted molar refractivity (Wildman–Crippen MR) is 68.0 cm³/mol. The molecule has 9 heteroatoms. The molecule has 0 spiro atoms. The summed E-state index contributed by atoms with van der Waals surface area (Å²) in [4.78, 5) is 29.1. The van der Waals surface area contributed by atoms with Gasteiger partial charge in [-0.15, -0.1) is 0 Å². The van der Waals surface area contributed by atoms with Gasteiger partial charge in [0.25, 0.3) is 0 Å². The minimum Gasteiger partial charge on any atom is -0.467 e. The van der Waals surface area contributed by atoms with E-state index in [9.17, 15) is 14.9 Å². The van der Waals surface area contributed by atoms with Crippen LogP contribution in [0.2, 0.25) is 5.15 Å². The molecule has 1 aromatic rings. The number of esters is 1. The van der Waals surface area contributed by atoms with Crippen molar-refractivity contribution in [2.24, 2.45) is 5.92 Å². The van der Waals surface area contributed by atoms with Crippen molar-refractivity contribution in [1.29, 1.82) is 0 Å². The minimum absolute atomic E-state index is 0.117. The van der Waals surface area contributed by atoms with Crippen LogP contribution in [0.4, 0.5) is 11.5 Å². The Morgan fingerprint density at radius 1 is 1.53 bits per heavy atom. The average Bonchev–Trinajstić information content (AvgIpc) is 2.34. The number of aromatic nitrogens is 2. The molecule has 1 N–H and O–H groups in total. The fourth-order valence-corrected chi connectivity index (χ4v) is 1.60. The second-order valence-corrected chi connectivity index (χ2v) is 4.37. The van der Waals surface area contributed by atoms with Gasteiger partial charge in [-0.05, 0) is 5.92 Å². The van der Waals surface area contributed by atoms with Crippen molar-refractivity contribution in [3.8, 4) is 0 Å². The third-order valence-corrected chi connectivity index (χ3v) is 2.65. The minimum atomic E-state index is -0.769. The van der Waals surface area contributed by atoms with Crippen LogP contribution in [-0.2, 0) is 9.53 Å². The number of halogens is 1. The molecule has 0 radical (unpaired) electrons. The van der Waals surface area contributed by atoms with Crippen molar-refractivity contribution in [2.45, 2.75) is 19.9 Å². The lowest BCUT2D eigenvalue weighted by atomic mass is 10.0. The maximum atomic E-state index is 11.6. The lowest BCUT2D eigenvalue weighted by Crippen LogP contribution is -2.36. The van der Waals surface area contributed by atoms with E-state index < -0.39 is 22.6 Å². The number of nitrogens with one attached hydrogen (secondary N) is 1. The molecule has 0 aliphatic heterocycles. The van der Waals surface area contributed by atoms with Gasteiger partial charge in [-0.2, -0.15) is 0 Å². The van der Waals surface area contributed by atoms with E-state index in [0.29, 0.717) is 0 Å². The molecule has 0 bridgehead atoms. The SMILES string of the molecule is COC(=O)C(Nc1ncnc(Cl)c1[N+](=O)[O-])C(C)C. The van der Waals surface area contributed by atoms with Gasteiger partial charge in [-0.1, -0.05) is 25.4 Å². The smallest absolute Gasteiger partial charge is 0.348 e. The van der Waals surface area contributed by atoms with Gasteiger partial charge in [-0.3, -0.25) is 10.1 Å². The van der Waals surface area contributed by atoms with E-state index in [4.69, 9.17) is 11.6 Å². The number of rotatable bonds is 5. The first-order valence-electron chi connectivity index (χ1n) is 5.37. The van der Waals surface area contributed by atoms with E-state index in [-0.39, 0.29) is 16.9 Å². The summed E-state index contributed by atoms with van der Waals surface area (Å²) < 4.78 is 4.63. The lowest BCUT2D eigenvalue weighted by molar-refractivity contribution is -0.384. The molecule has 0 aliphatic rings. The summed E-state index contributed by atoms with van der Waals surface area (Å²) in [5, 5.41) is 13.3. The molecule has 19 heavy (non-hydrogen) atoms. The number of nitro groups is 1. The summed E-state index contributed by atoms with van der Waals surface area (Å²) in [5.74, 6) is -0.811. The molecule has 1 aromatic heterocycles. The maximum Gasteiger partial charge on any atom is 0.348 e. The van der Waals surface area contributed by atoms with Crippen molar-refractivity contribution in [3.05, 3.63) is 21.6 Å². The second-order valence-electron chi connectivity index (χ2n) is 4.01. The molecule has 8 nitrogen and oxygen atoms in total. The molecular weight excluding hydrogens is 276 g/mol. The highest BCUT2D eigenvalue weighted by molar-refractivity contribution is 6.31. The lowest BCUT2D eigenvalue weighted by Gasteiger charge is -2.20. The van der Waals surface area contributed by atoms with Gasteiger partial charge in [0.1, 0.15) is 12.4 Å². The van der Waals surface area contributed by atoms with Gasteiger partial charge >= 0.3 is 11.7 Å². The number of nitrogens with zero attached hydrogens (tertiary/aromatic N) is 3. The van der Waals surface area contributed by atoms with Crippen LogP contribution in [0.1, 0.15) is 13.8 Å². The van der Waals surface area contributed by atoms with Crippen molar-refractivity contribution < 1.29 is 14.5 Å². The van der Waals surface area contributed by atoms with E-state index >= 15 is 0 Å². The largest absolute Gasteiger partial charge is 0.467 e. The first kappa shape index (κ1) is 15.1. The van der Waals surface area contributed by atoms with E-state index in [0.717, 1.165) is 6.33 Å². The van der Waals surface area contributed by atoms with Crippen LogP contribution in [0, 0.1) is 16.0 Å². The van der Waals surface area contributed by atoms with Gasteiger partial charge in [-0.25, -0.2) is 14.8 Å². The Kier molecular flexibility index (Phi) is 4.99. The number of hydrogen-bond donors (Lipinski definition) is 1. The molecule has 0 amide bonds. The van der Waals surface area contributed by atoms with Crippen molar-refractivity contribution in [1.82, 2.24) is 9.97 Å². The molecule has 0 saturated carbocycles. The second kappa shape index (κ2) is 6.28. The van der Waals surface area contributed by atoms with E-state index in [1.807, 2.05) is 0 Å². The van der Waals surface area contributed by atoms with Crippen LogP contribution in [-0.4, -0.2) is 34.0 Å². The predicted octanol–water partition coefficient (Wildman–Crippen LogP) is 1.65. The highest BCUT2D eigenvalue weighted by atomic mass is 35.5. The monoisotopic (exact) mass is 288 g/mol. The molecule has 1 atom stereocenters. The quantitative estimate of drug-likeness (QED) is 0.380. The van der Waals surface area contributed by atoms with Gasteiger partial charge in [0.2, 0.25) is 11.0 Å². The molecule has 1 rings (SSSR count). The van der Waals surface area contributed by atoms with E-state index in [1.165, 1.54) is 7.11 Å². The molecule has 0 saturated heterocycles. The number of ether oxygens (including phenoxy) is 1.